The molecule has 214 valence electrons. The van der Waals surface area contributed by atoms with Gasteiger partial charge in [-0.3, -0.25) is 19.1 Å². The van der Waals surface area contributed by atoms with Gasteiger partial charge in [0.1, 0.15) is 5.15 Å². The van der Waals surface area contributed by atoms with Crippen molar-refractivity contribution in [3.8, 4) is 0 Å². The van der Waals surface area contributed by atoms with Crippen molar-refractivity contribution < 1.29 is 32.7 Å². The molecule has 0 aromatic carbocycles. The molecule has 0 bridgehead atoms. The van der Waals surface area contributed by atoms with E-state index in [4.69, 9.17) is 28.3 Å². The molecule has 0 radical (unpaired) electrons. The van der Waals surface area contributed by atoms with E-state index in [9.17, 15) is 27.6 Å². The van der Waals surface area contributed by atoms with Crippen LogP contribution in [-0.2, 0) is 11.0 Å². The van der Waals surface area contributed by atoms with Crippen LogP contribution >= 0.6 is 23.2 Å². The van der Waals surface area contributed by atoms with Gasteiger partial charge in [0.05, 0.1) is 34.9 Å². The Morgan fingerprint density at radius 3 is 2.26 bits per heavy atom. The summed E-state index contributed by atoms with van der Waals surface area (Å²) in [5, 5.41) is 12.9. The summed E-state index contributed by atoms with van der Waals surface area (Å²) in [4.78, 5) is 42.9. The Bertz CT molecular complexity index is 1230. The number of aliphatic carboxylic acids is 1. The van der Waals surface area contributed by atoms with Gasteiger partial charge in [0.15, 0.2) is 11.5 Å². The number of carboxylic acids is 1. The van der Waals surface area contributed by atoms with Crippen molar-refractivity contribution in [2.45, 2.75) is 72.0 Å². The Hall–Kier alpha value is -2.66. The number of ketones is 1. The summed E-state index contributed by atoms with van der Waals surface area (Å²) in [6, 6.07) is 0.801. The van der Waals surface area contributed by atoms with Crippen LogP contribution < -0.4 is 0 Å². The average molecular weight is 591 g/mol. The molecule has 0 atom stereocenters. The van der Waals surface area contributed by atoms with Gasteiger partial charge in [0.25, 0.3) is 5.91 Å². The van der Waals surface area contributed by atoms with Gasteiger partial charge in [-0.1, -0.05) is 44.0 Å². The lowest BCUT2D eigenvalue weighted by molar-refractivity contribution is -0.145. The lowest BCUT2D eigenvalue weighted by atomic mass is 9.84. The van der Waals surface area contributed by atoms with Gasteiger partial charge in [-0.25, -0.2) is 4.98 Å². The number of hydrogen-bond acceptors (Lipinski definition) is 5. The number of carbonyl (C=O) groups excluding carboxylic acids is 2. The molecular weight excluding hydrogens is 560 g/mol. The molecular formula is C26H31Cl2F3N4O4. The molecule has 1 saturated carbocycles. The first kappa shape index (κ1) is 30.9. The minimum Gasteiger partial charge on any atom is -0.481 e. The number of alkyl halides is 3. The second kappa shape index (κ2) is 11.8. The fourth-order valence-corrected chi connectivity index (χ4v) is 5.70. The van der Waals surface area contributed by atoms with Crippen molar-refractivity contribution in [2.24, 2.45) is 11.3 Å². The fraction of sp³-hybridized carbons (Fsp3) is 0.577. The van der Waals surface area contributed by atoms with E-state index in [-0.39, 0.29) is 34.6 Å². The number of aromatic nitrogens is 3. The molecule has 1 N–H and O–H groups in total. The van der Waals surface area contributed by atoms with E-state index in [1.54, 1.807) is 27.7 Å². The third-order valence-electron chi connectivity index (χ3n) is 6.54. The Kier molecular flexibility index (Phi) is 9.37. The summed E-state index contributed by atoms with van der Waals surface area (Å²) in [7, 11) is 0. The van der Waals surface area contributed by atoms with Crippen molar-refractivity contribution in [3.63, 3.8) is 0 Å². The van der Waals surface area contributed by atoms with Crippen LogP contribution in [0.5, 0.6) is 0 Å². The van der Waals surface area contributed by atoms with Crippen molar-refractivity contribution in [1.82, 2.24) is 19.7 Å². The Morgan fingerprint density at radius 1 is 1.13 bits per heavy atom. The summed E-state index contributed by atoms with van der Waals surface area (Å²) in [6.45, 7) is 6.40. The van der Waals surface area contributed by atoms with E-state index in [1.165, 1.54) is 6.07 Å². The van der Waals surface area contributed by atoms with Crippen LogP contribution in [0.25, 0.3) is 0 Å². The van der Waals surface area contributed by atoms with E-state index in [1.807, 2.05) is 0 Å². The monoisotopic (exact) mass is 590 g/mol. The van der Waals surface area contributed by atoms with Crippen molar-refractivity contribution in [3.05, 3.63) is 45.0 Å². The molecule has 0 unspecified atom stereocenters. The summed E-state index contributed by atoms with van der Waals surface area (Å²) >= 11 is 12.4. The number of amides is 1. The smallest absolute Gasteiger partial charge is 0.433 e. The molecule has 2 aromatic heterocycles. The molecule has 1 aliphatic rings. The van der Waals surface area contributed by atoms with Crippen molar-refractivity contribution >= 4 is 40.9 Å². The molecule has 1 fully saturated rings. The maximum atomic E-state index is 14.4. The maximum absolute atomic E-state index is 14.4. The second-order valence-electron chi connectivity index (χ2n) is 11.2. The van der Waals surface area contributed by atoms with Gasteiger partial charge in [-0.05, 0) is 50.0 Å². The molecule has 1 amide bonds. The molecule has 2 heterocycles. The minimum absolute atomic E-state index is 0.0305. The van der Waals surface area contributed by atoms with E-state index < -0.39 is 53.1 Å². The van der Waals surface area contributed by atoms with Gasteiger partial charge >= 0.3 is 12.1 Å². The minimum atomic E-state index is -4.90. The molecule has 39 heavy (non-hydrogen) atoms. The highest BCUT2D eigenvalue weighted by atomic mass is 35.5. The number of hydrogen-bond donors (Lipinski definition) is 1. The Labute approximate surface area is 234 Å². The van der Waals surface area contributed by atoms with Crippen molar-refractivity contribution in [1.29, 1.82) is 0 Å². The van der Waals surface area contributed by atoms with Gasteiger partial charge in [-0.15, -0.1) is 0 Å². The van der Waals surface area contributed by atoms with Crippen LogP contribution in [0.2, 0.25) is 10.2 Å². The molecule has 3 rings (SSSR count). The average Bonchev–Trinajstić information content (AvgIpc) is 3.22. The SMILES string of the molecule is Cc1cc(Cl)c(C(=O)CN(CC(C)(C)C)C(=O)c2cnn(C3CCC(CC(=O)O)CC3)c2C(F)(F)F)c(Cl)n1. The zero-order chi connectivity index (χ0) is 29.3. The lowest BCUT2D eigenvalue weighted by Gasteiger charge is -2.31. The highest BCUT2D eigenvalue weighted by Gasteiger charge is 2.43. The summed E-state index contributed by atoms with van der Waals surface area (Å²) < 4.78 is 43.9. The van der Waals surface area contributed by atoms with Crippen LogP contribution in [0.4, 0.5) is 13.2 Å². The summed E-state index contributed by atoms with van der Waals surface area (Å²) in [5.41, 5.74) is -2.05. The van der Waals surface area contributed by atoms with Gasteiger partial charge in [-0.2, -0.15) is 18.3 Å². The Balaban J connectivity index is 1.95. The summed E-state index contributed by atoms with van der Waals surface area (Å²) in [6.07, 6.45) is -2.56. The topological polar surface area (TPSA) is 105 Å². The maximum Gasteiger partial charge on any atom is 0.433 e. The van der Waals surface area contributed by atoms with Crippen molar-refractivity contribution in [2.75, 3.05) is 13.1 Å². The number of carbonyl (C=O) groups is 3. The van der Waals surface area contributed by atoms with Gasteiger partial charge < -0.3 is 10.0 Å². The molecule has 0 aliphatic heterocycles. The van der Waals surface area contributed by atoms with E-state index in [0.717, 1.165) is 15.8 Å². The molecule has 8 nitrogen and oxygen atoms in total. The van der Waals surface area contributed by atoms with Crippen LogP contribution in [0.15, 0.2) is 12.3 Å². The third kappa shape index (κ3) is 7.72. The van der Waals surface area contributed by atoms with Crippen LogP contribution in [0, 0.1) is 18.3 Å². The molecule has 2 aromatic rings. The molecule has 13 heteroatoms. The number of Topliss-reactive ketones (excluding diaryl/α,β-unsaturated/α-hetero) is 1. The van der Waals surface area contributed by atoms with Crippen LogP contribution in [-0.4, -0.2) is 55.5 Å². The van der Waals surface area contributed by atoms with E-state index in [0.29, 0.717) is 31.4 Å². The highest BCUT2D eigenvalue weighted by Crippen LogP contribution is 2.40. The number of halogens is 5. The zero-order valence-corrected chi connectivity index (χ0v) is 23.6. The van der Waals surface area contributed by atoms with Gasteiger partial charge in [0.2, 0.25) is 0 Å². The predicted molar refractivity (Wildman–Crippen MR) is 139 cm³/mol. The molecule has 1 aliphatic carbocycles. The molecule has 0 spiro atoms. The normalized spacial score (nSPS) is 18.2. The molecule has 0 saturated heterocycles. The standard InChI is InChI=1S/C26H31Cl2F3N4O4/c1-14-9-18(27)21(23(28)33-14)19(36)12-34(13-25(2,3)4)24(39)17-11-32-35(22(17)26(29,30)31)16-7-5-15(6-8-16)10-20(37)38/h9,11,15-16H,5-8,10,12-13H2,1-4H3,(H,37,38). The lowest BCUT2D eigenvalue weighted by Crippen LogP contribution is -2.42. The van der Waals surface area contributed by atoms with Crippen LogP contribution in [0.3, 0.4) is 0 Å². The zero-order valence-electron chi connectivity index (χ0n) is 22.1. The largest absolute Gasteiger partial charge is 0.481 e. The number of carboxylic acid groups (broad SMARTS) is 1. The quantitative estimate of drug-likeness (QED) is 0.278. The number of pyridine rings is 1. The predicted octanol–water partition coefficient (Wildman–Crippen LogP) is 6.49. The number of nitrogens with zero attached hydrogens (tertiary/aromatic N) is 4. The highest BCUT2D eigenvalue weighted by molar-refractivity contribution is 6.39. The first-order chi connectivity index (χ1) is 18.0. The van der Waals surface area contributed by atoms with E-state index >= 15 is 0 Å². The number of rotatable bonds is 8. The Morgan fingerprint density at radius 2 is 1.74 bits per heavy atom. The fourth-order valence-electron chi connectivity index (χ4n) is 4.96. The second-order valence-corrected chi connectivity index (χ2v) is 11.9. The number of aryl methyl sites for hydroxylation is 1. The van der Waals surface area contributed by atoms with Crippen LogP contribution in [0.1, 0.15) is 91.0 Å². The summed E-state index contributed by atoms with van der Waals surface area (Å²) in [5.74, 6) is -2.72. The van der Waals surface area contributed by atoms with E-state index in [2.05, 4.69) is 10.1 Å². The van der Waals surface area contributed by atoms with Gasteiger partial charge in [0, 0.05) is 18.7 Å². The first-order valence-electron chi connectivity index (χ1n) is 12.5. The first-order valence-corrected chi connectivity index (χ1v) is 13.2. The third-order valence-corrected chi connectivity index (χ3v) is 7.11.